The molecule has 52 heavy (non-hydrogen) atoms. The fourth-order valence-corrected chi connectivity index (χ4v) is 4.65. The number of Topliss-reactive ketones (excluding diaryl/α,β-unsaturated/α-hetero) is 2. The fourth-order valence-electron chi connectivity index (χ4n) is 4.65. The summed E-state index contributed by atoms with van der Waals surface area (Å²) in [5.41, 5.74) is 1.09. The Morgan fingerprint density at radius 1 is 0.442 bits per heavy atom. The minimum Gasteiger partial charge on any atom is -0.478 e. The van der Waals surface area contributed by atoms with Crippen molar-refractivity contribution in [2.45, 2.75) is 51.4 Å². The Balaban J connectivity index is 1.29. The van der Waals surface area contributed by atoms with E-state index in [1.807, 2.05) is 0 Å². The zero-order valence-electron chi connectivity index (χ0n) is 29.5. The molecule has 2 aromatic rings. The molecule has 3 amide bonds. The molecule has 0 spiro atoms. The SMILES string of the molecule is O=C(CCCCCNC(=O)NCCOCCOCCCC(=O)c1ccc(C(=O)O)cc1)CCCOCCOCCNC(=O)c1ccc(C(=O)O)cc1. The largest absolute Gasteiger partial charge is 0.478 e. The maximum Gasteiger partial charge on any atom is 0.335 e. The molecule has 2 aromatic carbocycles. The molecule has 0 unspecified atom stereocenters. The number of ether oxygens (including phenoxy) is 4. The van der Waals surface area contributed by atoms with Crippen molar-refractivity contribution in [2.75, 3.05) is 72.5 Å². The number of benzene rings is 2. The van der Waals surface area contributed by atoms with Crippen LogP contribution in [-0.2, 0) is 23.7 Å². The van der Waals surface area contributed by atoms with Crippen molar-refractivity contribution in [1.82, 2.24) is 16.0 Å². The monoisotopic (exact) mass is 729 g/mol. The first kappa shape index (κ1) is 43.5. The van der Waals surface area contributed by atoms with Gasteiger partial charge >= 0.3 is 18.0 Å². The molecule has 0 atom stereocenters. The van der Waals surface area contributed by atoms with Crippen molar-refractivity contribution in [2.24, 2.45) is 0 Å². The van der Waals surface area contributed by atoms with E-state index in [0.717, 1.165) is 19.3 Å². The first-order valence-electron chi connectivity index (χ1n) is 17.5. The summed E-state index contributed by atoms with van der Waals surface area (Å²) in [6, 6.07) is 11.2. The molecule has 0 heterocycles. The van der Waals surface area contributed by atoms with Crippen LogP contribution in [0.1, 0.15) is 92.8 Å². The number of carbonyl (C=O) groups excluding carboxylic acids is 4. The average molecular weight is 730 g/mol. The van der Waals surface area contributed by atoms with Crippen LogP contribution in [0.15, 0.2) is 48.5 Å². The molecule has 15 heteroatoms. The third-order valence-corrected chi connectivity index (χ3v) is 7.51. The van der Waals surface area contributed by atoms with Crippen LogP contribution in [0.3, 0.4) is 0 Å². The van der Waals surface area contributed by atoms with E-state index in [-0.39, 0.29) is 34.6 Å². The van der Waals surface area contributed by atoms with Crippen molar-refractivity contribution < 1.29 is 57.9 Å². The predicted molar refractivity (Wildman–Crippen MR) is 190 cm³/mol. The maximum absolute atomic E-state index is 12.2. The standard InChI is InChI=1S/C37H51N3O12/c41-32(7-4-20-49-24-26-51-22-18-38-34(43)29-11-15-31(16-12-29)36(46)47)6-2-1-3-17-39-37(48)40-19-23-52-27-25-50-21-5-8-33(42)28-9-13-30(14-10-28)35(44)45/h9-16H,1-8,17-27H2,(H,38,43)(H,44,45)(H,46,47)(H2,39,40,48). The second-order valence-corrected chi connectivity index (χ2v) is 11.6. The fraction of sp³-hybridized carbons (Fsp3) is 0.514. The third kappa shape index (κ3) is 20.2. The number of amides is 3. The zero-order valence-corrected chi connectivity index (χ0v) is 29.5. The van der Waals surface area contributed by atoms with Gasteiger partial charge in [-0.2, -0.15) is 0 Å². The molecule has 0 aromatic heterocycles. The Labute approximate surface area is 303 Å². The highest BCUT2D eigenvalue weighted by Gasteiger charge is 2.09. The van der Waals surface area contributed by atoms with Crippen LogP contribution >= 0.6 is 0 Å². The molecule has 2 rings (SSSR count). The molecular formula is C37H51N3O12. The van der Waals surface area contributed by atoms with E-state index in [4.69, 9.17) is 29.2 Å². The van der Waals surface area contributed by atoms with Crippen LogP contribution in [0, 0.1) is 0 Å². The number of carboxylic acids is 2. The summed E-state index contributed by atoms with van der Waals surface area (Å²) in [4.78, 5) is 69.9. The van der Waals surface area contributed by atoms with Gasteiger partial charge in [0.2, 0.25) is 0 Å². The minimum absolute atomic E-state index is 0.0720. The van der Waals surface area contributed by atoms with Crippen molar-refractivity contribution in [3.8, 4) is 0 Å². The minimum atomic E-state index is -1.05. The number of nitrogens with one attached hydrogen (secondary N) is 3. The molecular weight excluding hydrogens is 678 g/mol. The number of hydrogen-bond acceptors (Lipinski definition) is 10. The quantitative estimate of drug-likeness (QED) is 0.0574. The number of carbonyl (C=O) groups is 6. The second kappa shape index (κ2) is 27.0. The molecule has 0 bridgehead atoms. The van der Waals surface area contributed by atoms with E-state index in [1.54, 1.807) is 0 Å². The van der Waals surface area contributed by atoms with Gasteiger partial charge in [-0.25, -0.2) is 14.4 Å². The molecule has 0 saturated carbocycles. The normalized spacial score (nSPS) is 10.8. The van der Waals surface area contributed by atoms with Gasteiger partial charge in [0.1, 0.15) is 5.78 Å². The van der Waals surface area contributed by atoms with Gasteiger partial charge < -0.3 is 45.1 Å². The van der Waals surface area contributed by atoms with E-state index in [1.165, 1.54) is 48.5 Å². The Morgan fingerprint density at radius 3 is 1.44 bits per heavy atom. The smallest absolute Gasteiger partial charge is 0.335 e. The van der Waals surface area contributed by atoms with E-state index in [2.05, 4.69) is 16.0 Å². The lowest BCUT2D eigenvalue weighted by molar-refractivity contribution is -0.119. The van der Waals surface area contributed by atoms with Crippen LogP contribution in [-0.4, -0.2) is 118 Å². The van der Waals surface area contributed by atoms with Gasteiger partial charge in [0.25, 0.3) is 5.91 Å². The van der Waals surface area contributed by atoms with Crippen molar-refractivity contribution in [3.05, 3.63) is 70.8 Å². The molecule has 15 nitrogen and oxygen atoms in total. The highest BCUT2D eigenvalue weighted by Crippen LogP contribution is 2.09. The average Bonchev–Trinajstić information content (AvgIpc) is 3.14. The first-order valence-corrected chi connectivity index (χ1v) is 17.5. The summed E-state index contributed by atoms with van der Waals surface area (Å²) in [6.45, 7) is 4.12. The van der Waals surface area contributed by atoms with Gasteiger partial charge in [0.05, 0.1) is 50.8 Å². The lowest BCUT2D eigenvalue weighted by atomic mass is 10.1. The van der Waals surface area contributed by atoms with Gasteiger partial charge in [0, 0.05) is 63.2 Å². The Morgan fingerprint density at radius 2 is 0.885 bits per heavy atom. The molecule has 0 saturated heterocycles. The van der Waals surface area contributed by atoms with Crippen LogP contribution in [0.25, 0.3) is 0 Å². The lowest BCUT2D eigenvalue weighted by Crippen LogP contribution is -2.37. The molecule has 0 radical (unpaired) electrons. The number of hydrogen-bond donors (Lipinski definition) is 5. The van der Waals surface area contributed by atoms with Crippen molar-refractivity contribution in [3.63, 3.8) is 0 Å². The van der Waals surface area contributed by atoms with E-state index >= 15 is 0 Å². The van der Waals surface area contributed by atoms with Crippen LogP contribution in [0.2, 0.25) is 0 Å². The maximum atomic E-state index is 12.2. The number of ketones is 2. The van der Waals surface area contributed by atoms with Gasteiger partial charge in [-0.3, -0.25) is 14.4 Å². The molecule has 0 aliphatic carbocycles. The van der Waals surface area contributed by atoms with Crippen LogP contribution in [0.5, 0.6) is 0 Å². The Kier molecular flexibility index (Phi) is 22.6. The summed E-state index contributed by atoms with van der Waals surface area (Å²) in [6.07, 6.45) is 4.77. The number of unbranched alkanes of at least 4 members (excludes halogenated alkanes) is 2. The molecule has 0 aliphatic heterocycles. The number of rotatable bonds is 30. The summed E-state index contributed by atoms with van der Waals surface area (Å²) < 4.78 is 21.8. The van der Waals surface area contributed by atoms with Gasteiger partial charge in [-0.15, -0.1) is 0 Å². The molecule has 5 N–H and O–H groups in total. The lowest BCUT2D eigenvalue weighted by Gasteiger charge is -2.09. The van der Waals surface area contributed by atoms with Gasteiger partial charge in [-0.05, 0) is 62.1 Å². The second-order valence-electron chi connectivity index (χ2n) is 11.6. The first-order chi connectivity index (χ1) is 25.2. The summed E-state index contributed by atoms with van der Waals surface area (Å²) in [5.74, 6) is -2.29. The highest BCUT2D eigenvalue weighted by atomic mass is 16.5. The summed E-state index contributed by atoms with van der Waals surface area (Å²) in [5, 5.41) is 26.0. The topological polar surface area (TPSA) is 216 Å². The summed E-state index contributed by atoms with van der Waals surface area (Å²) >= 11 is 0. The highest BCUT2D eigenvalue weighted by molar-refractivity contribution is 5.97. The van der Waals surface area contributed by atoms with Crippen LogP contribution < -0.4 is 16.0 Å². The predicted octanol–water partition coefficient (Wildman–Crippen LogP) is 3.75. The molecule has 0 aliphatic rings. The molecule has 0 fully saturated rings. The molecule has 286 valence electrons. The van der Waals surface area contributed by atoms with Gasteiger partial charge in [-0.1, -0.05) is 18.6 Å². The number of carboxylic acid groups (broad SMARTS) is 2. The third-order valence-electron chi connectivity index (χ3n) is 7.51. The van der Waals surface area contributed by atoms with E-state index in [0.29, 0.717) is 116 Å². The Hall–Kier alpha value is -4.70. The van der Waals surface area contributed by atoms with Crippen molar-refractivity contribution >= 4 is 35.4 Å². The van der Waals surface area contributed by atoms with Crippen molar-refractivity contribution in [1.29, 1.82) is 0 Å². The van der Waals surface area contributed by atoms with E-state index < -0.39 is 11.9 Å². The number of urea groups is 1. The van der Waals surface area contributed by atoms with E-state index in [9.17, 15) is 28.8 Å². The number of aromatic carboxylic acids is 2. The van der Waals surface area contributed by atoms with Gasteiger partial charge in [0.15, 0.2) is 5.78 Å². The zero-order chi connectivity index (χ0) is 37.8. The Bertz CT molecular complexity index is 1280. The summed E-state index contributed by atoms with van der Waals surface area (Å²) in [7, 11) is 0. The van der Waals surface area contributed by atoms with Crippen LogP contribution in [0.4, 0.5) is 4.79 Å².